The van der Waals surface area contributed by atoms with Crippen molar-refractivity contribution in [1.82, 2.24) is 4.90 Å². The van der Waals surface area contributed by atoms with Crippen molar-refractivity contribution < 1.29 is 14.3 Å². The molecule has 2 aliphatic heterocycles. The summed E-state index contributed by atoms with van der Waals surface area (Å²) >= 11 is 3.43. The summed E-state index contributed by atoms with van der Waals surface area (Å²) in [5, 5.41) is 0. The number of hydrogen-bond acceptors (Lipinski definition) is 3. The average molecular weight is 340 g/mol. The van der Waals surface area contributed by atoms with E-state index in [1.165, 1.54) is 0 Å². The molecule has 1 aromatic carbocycles. The predicted molar refractivity (Wildman–Crippen MR) is 78.4 cm³/mol. The van der Waals surface area contributed by atoms with Gasteiger partial charge in [0.05, 0.1) is 13.2 Å². The Morgan fingerprint density at radius 3 is 2.70 bits per heavy atom. The lowest BCUT2D eigenvalue weighted by Crippen LogP contribution is -2.46. The normalized spacial score (nSPS) is 26.8. The molecule has 20 heavy (non-hydrogen) atoms. The summed E-state index contributed by atoms with van der Waals surface area (Å²) in [6, 6.07) is 8.07. The Morgan fingerprint density at radius 2 is 2.00 bits per heavy atom. The molecule has 2 aliphatic rings. The molecule has 2 heterocycles. The Bertz CT molecular complexity index is 471. The third-order valence-corrected chi connectivity index (χ3v) is 4.35. The lowest BCUT2D eigenvalue weighted by atomic mass is 10.1. The van der Waals surface area contributed by atoms with E-state index in [2.05, 4.69) is 15.9 Å². The minimum Gasteiger partial charge on any atom is -0.370 e. The van der Waals surface area contributed by atoms with Crippen LogP contribution in [0.2, 0.25) is 0 Å². The fourth-order valence-corrected chi connectivity index (χ4v) is 2.97. The molecular weight excluding hydrogens is 322 g/mol. The highest BCUT2D eigenvalue weighted by Gasteiger charge is 2.32. The van der Waals surface area contributed by atoms with Gasteiger partial charge in [-0.15, -0.1) is 0 Å². The van der Waals surface area contributed by atoms with Gasteiger partial charge in [0.15, 0.2) is 0 Å². The number of ether oxygens (including phenoxy) is 2. The van der Waals surface area contributed by atoms with Crippen LogP contribution in [0.4, 0.5) is 0 Å². The van der Waals surface area contributed by atoms with E-state index in [9.17, 15) is 4.79 Å². The number of morpholine rings is 1. The Morgan fingerprint density at radius 1 is 1.20 bits per heavy atom. The maximum Gasteiger partial charge on any atom is 0.251 e. The fraction of sp³-hybridized carbons (Fsp3) is 0.533. The lowest BCUT2D eigenvalue weighted by Gasteiger charge is -2.34. The smallest absolute Gasteiger partial charge is 0.251 e. The summed E-state index contributed by atoms with van der Waals surface area (Å²) in [5.41, 5.74) is 1.11. The van der Waals surface area contributed by atoms with Gasteiger partial charge in [-0.2, -0.15) is 0 Å². The molecule has 0 aromatic heterocycles. The van der Waals surface area contributed by atoms with Gasteiger partial charge >= 0.3 is 0 Å². The second-order valence-corrected chi connectivity index (χ2v) is 6.11. The van der Waals surface area contributed by atoms with Gasteiger partial charge < -0.3 is 14.4 Å². The third kappa shape index (κ3) is 3.05. The summed E-state index contributed by atoms with van der Waals surface area (Å²) < 4.78 is 12.3. The SMILES string of the molecule is O=C(C1CCCO1)N1CCOC(c2ccc(Br)cc2)C1. The van der Waals surface area contributed by atoms with Gasteiger partial charge in [-0.1, -0.05) is 28.1 Å². The van der Waals surface area contributed by atoms with Crippen LogP contribution in [0.15, 0.2) is 28.7 Å². The molecule has 0 spiro atoms. The molecule has 0 bridgehead atoms. The maximum absolute atomic E-state index is 12.4. The van der Waals surface area contributed by atoms with E-state index < -0.39 is 0 Å². The fourth-order valence-electron chi connectivity index (χ4n) is 2.70. The highest BCUT2D eigenvalue weighted by molar-refractivity contribution is 9.10. The second kappa shape index (κ2) is 6.24. The Hall–Kier alpha value is -0.910. The van der Waals surface area contributed by atoms with E-state index in [-0.39, 0.29) is 18.1 Å². The molecule has 0 aliphatic carbocycles. The van der Waals surface area contributed by atoms with E-state index in [1.807, 2.05) is 29.2 Å². The molecule has 0 radical (unpaired) electrons. The van der Waals surface area contributed by atoms with Crippen molar-refractivity contribution in [2.75, 3.05) is 26.3 Å². The average Bonchev–Trinajstić information content (AvgIpc) is 3.01. The first kappa shape index (κ1) is 14.0. The van der Waals surface area contributed by atoms with Crippen LogP contribution >= 0.6 is 15.9 Å². The molecule has 2 atom stereocenters. The van der Waals surface area contributed by atoms with Crippen LogP contribution in [0, 0.1) is 0 Å². The van der Waals surface area contributed by atoms with E-state index in [0.717, 1.165) is 22.9 Å². The van der Waals surface area contributed by atoms with Crippen molar-refractivity contribution in [3.63, 3.8) is 0 Å². The lowest BCUT2D eigenvalue weighted by molar-refractivity contribution is -0.148. The Balaban J connectivity index is 1.66. The zero-order chi connectivity index (χ0) is 13.9. The molecule has 2 unspecified atom stereocenters. The second-order valence-electron chi connectivity index (χ2n) is 5.20. The van der Waals surface area contributed by atoms with Crippen molar-refractivity contribution in [3.8, 4) is 0 Å². The van der Waals surface area contributed by atoms with Crippen molar-refractivity contribution in [1.29, 1.82) is 0 Å². The minimum atomic E-state index is -0.237. The van der Waals surface area contributed by atoms with Crippen LogP contribution in [-0.4, -0.2) is 43.2 Å². The van der Waals surface area contributed by atoms with Crippen LogP contribution in [0.1, 0.15) is 24.5 Å². The number of carbonyl (C=O) groups is 1. The van der Waals surface area contributed by atoms with E-state index >= 15 is 0 Å². The summed E-state index contributed by atoms with van der Waals surface area (Å²) in [6.07, 6.45) is 1.55. The number of hydrogen-bond donors (Lipinski definition) is 0. The quantitative estimate of drug-likeness (QED) is 0.831. The van der Waals surface area contributed by atoms with E-state index in [0.29, 0.717) is 26.3 Å². The van der Waals surface area contributed by atoms with Crippen molar-refractivity contribution in [2.24, 2.45) is 0 Å². The molecule has 0 N–H and O–H groups in total. The molecule has 108 valence electrons. The molecular formula is C15H18BrNO3. The van der Waals surface area contributed by atoms with Gasteiger partial charge in [-0.3, -0.25) is 4.79 Å². The van der Waals surface area contributed by atoms with E-state index in [1.54, 1.807) is 0 Å². The van der Waals surface area contributed by atoms with Crippen LogP contribution in [0.3, 0.4) is 0 Å². The van der Waals surface area contributed by atoms with Crippen molar-refractivity contribution in [3.05, 3.63) is 34.3 Å². The van der Waals surface area contributed by atoms with Crippen molar-refractivity contribution in [2.45, 2.75) is 25.0 Å². The topological polar surface area (TPSA) is 38.8 Å². The van der Waals surface area contributed by atoms with Gasteiger partial charge in [-0.25, -0.2) is 0 Å². The minimum absolute atomic E-state index is 0.0396. The monoisotopic (exact) mass is 339 g/mol. The number of benzene rings is 1. The van der Waals surface area contributed by atoms with Crippen LogP contribution in [0.5, 0.6) is 0 Å². The number of amides is 1. The first-order valence-corrected chi connectivity index (χ1v) is 7.81. The van der Waals surface area contributed by atoms with Gasteiger partial charge in [0.25, 0.3) is 5.91 Å². The first-order valence-electron chi connectivity index (χ1n) is 7.01. The highest BCUT2D eigenvalue weighted by Crippen LogP contribution is 2.25. The van der Waals surface area contributed by atoms with Gasteiger partial charge in [0.2, 0.25) is 0 Å². The predicted octanol–water partition coefficient (Wildman–Crippen LogP) is 2.53. The Kier molecular flexibility index (Phi) is 4.38. The largest absolute Gasteiger partial charge is 0.370 e. The van der Waals surface area contributed by atoms with Gasteiger partial charge in [-0.05, 0) is 30.5 Å². The molecule has 4 nitrogen and oxygen atoms in total. The zero-order valence-electron chi connectivity index (χ0n) is 11.3. The van der Waals surface area contributed by atoms with Crippen molar-refractivity contribution >= 4 is 21.8 Å². The summed E-state index contributed by atoms with van der Waals surface area (Å²) in [6.45, 7) is 2.56. The molecule has 5 heteroatoms. The number of nitrogens with zero attached hydrogens (tertiary/aromatic N) is 1. The maximum atomic E-state index is 12.4. The first-order chi connectivity index (χ1) is 9.74. The molecule has 1 aromatic rings. The number of carbonyl (C=O) groups excluding carboxylic acids is 1. The molecule has 1 amide bonds. The molecule has 2 saturated heterocycles. The van der Waals surface area contributed by atoms with Gasteiger partial charge in [0, 0.05) is 17.6 Å². The summed E-state index contributed by atoms with van der Waals surface area (Å²) in [4.78, 5) is 14.3. The molecule has 3 rings (SSSR count). The van der Waals surface area contributed by atoms with Crippen LogP contribution in [0.25, 0.3) is 0 Å². The highest BCUT2D eigenvalue weighted by atomic mass is 79.9. The molecule has 0 saturated carbocycles. The van der Waals surface area contributed by atoms with Gasteiger partial charge in [0.1, 0.15) is 12.2 Å². The molecule has 2 fully saturated rings. The van der Waals surface area contributed by atoms with Crippen LogP contribution < -0.4 is 0 Å². The summed E-state index contributed by atoms with van der Waals surface area (Å²) in [7, 11) is 0. The number of halogens is 1. The summed E-state index contributed by atoms with van der Waals surface area (Å²) in [5.74, 6) is 0.118. The third-order valence-electron chi connectivity index (χ3n) is 3.83. The van der Waals surface area contributed by atoms with Crippen LogP contribution in [-0.2, 0) is 14.3 Å². The van der Waals surface area contributed by atoms with E-state index in [4.69, 9.17) is 9.47 Å². The standard InChI is InChI=1S/C15H18BrNO3/c16-12-5-3-11(4-6-12)14-10-17(7-9-20-14)15(18)13-2-1-8-19-13/h3-6,13-14H,1-2,7-10H2. The Labute approximate surface area is 127 Å². The zero-order valence-corrected chi connectivity index (χ0v) is 12.8. The number of rotatable bonds is 2.